The number of nitrogens with zero attached hydrogens (tertiary/aromatic N) is 2. The second kappa shape index (κ2) is 2.85. The molecular weight excluding hydrogens is 150 g/mol. The van der Waals surface area contributed by atoms with Crippen LogP contribution in [-0.2, 0) is 0 Å². The van der Waals surface area contributed by atoms with E-state index in [0.717, 1.165) is 12.1 Å². The topological polar surface area (TPSA) is 29.9 Å². The molecule has 0 bridgehead atoms. The van der Waals surface area contributed by atoms with Crippen LogP contribution in [0.2, 0.25) is 0 Å². The summed E-state index contributed by atoms with van der Waals surface area (Å²) in [5, 5.41) is 5.47. The molecule has 0 radical (unpaired) electrons. The molecule has 0 aliphatic heterocycles. The highest BCUT2D eigenvalue weighted by molar-refractivity contribution is 5.77. The maximum atomic E-state index is 4.31. The van der Waals surface area contributed by atoms with E-state index in [0.29, 0.717) is 0 Å². The van der Waals surface area contributed by atoms with Gasteiger partial charge in [-0.1, -0.05) is 18.2 Å². The zero-order chi connectivity index (χ0) is 8.39. The first-order valence-corrected chi connectivity index (χ1v) is 4.08. The summed E-state index contributed by atoms with van der Waals surface area (Å²) in [6.45, 7) is 2.93. The predicted molar refractivity (Wildman–Crippen MR) is 49.6 cm³/mol. The largest absolute Gasteiger partial charge is 0.310 e. The van der Waals surface area contributed by atoms with E-state index in [9.17, 15) is 0 Å². The van der Waals surface area contributed by atoms with Crippen LogP contribution in [0.15, 0.2) is 30.5 Å². The molecule has 0 saturated carbocycles. The molecule has 3 nitrogen and oxygen atoms in total. The molecule has 0 aliphatic carbocycles. The first-order chi connectivity index (χ1) is 5.90. The quantitative estimate of drug-likeness (QED) is 0.725. The molecule has 0 spiro atoms. The van der Waals surface area contributed by atoms with Gasteiger partial charge in [-0.2, -0.15) is 9.89 Å². The molecular formula is C9H11N3. The van der Waals surface area contributed by atoms with Crippen LogP contribution in [0.3, 0.4) is 0 Å². The highest BCUT2D eigenvalue weighted by atomic mass is 15.5. The van der Waals surface area contributed by atoms with Gasteiger partial charge in [-0.3, -0.25) is 0 Å². The molecule has 0 amide bonds. The number of hydrogen-bond acceptors (Lipinski definition) is 2. The zero-order valence-electron chi connectivity index (χ0n) is 6.99. The van der Waals surface area contributed by atoms with Gasteiger partial charge in [0.2, 0.25) is 0 Å². The molecule has 0 saturated heterocycles. The number of hydrogen-bond donors (Lipinski definition) is 1. The highest BCUT2D eigenvalue weighted by Gasteiger charge is 1.96. The van der Waals surface area contributed by atoms with Crippen molar-refractivity contribution < 1.29 is 0 Å². The average Bonchev–Trinajstić information content (AvgIpc) is 2.47. The first kappa shape index (κ1) is 7.16. The van der Waals surface area contributed by atoms with E-state index in [-0.39, 0.29) is 0 Å². The third-order valence-corrected chi connectivity index (χ3v) is 1.73. The summed E-state index contributed by atoms with van der Waals surface area (Å²) in [5.74, 6) is 0. The van der Waals surface area contributed by atoms with Crippen molar-refractivity contribution in [2.45, 2.75) is 6.92 Å². The maximum absolute atomic E-state index is 4.31. The van der Waals surface area contributed by atoms with E-state index in [1.54, 1.807) is 4.79 Å². The van der Waals surface area contributed by atoms with Gasteiger partial charge < -0.3 is 5.43 Å². The van der Waals surface area contributed by atoms with Gasteiger partial charge >= 0.3 is 0 Å². The van der Waals surface area contributed by atoms with Crippen LogP contribution in [-0.4, -0.2) is 16.4 Å². The predicted octanol–water partition coefficient (Wildman–Crippen LogP) is 1.60. The Hall–Kier alpha value is -1.51. The van der Waals surface area contributed by atoms with Gasteiger partial charge in [-0.25, -0.2) is 0 Å². The fourth-order valence-corrected chi connectivity index (χ4v) is 1.21. The fraction of sp³-hybridized carbons (Fsp3) is 0.222. The maximum Gasteiger partial charge on any atom is 0.0944 e. The van der Waals surface area contributed by atoms with Crippen molar-refractivity contribution in [3.05, 3.63) is 30.5 Å². The van der Waals surface area contributed by atoms with E-state index in [1.807, 2.05) is 31.3 Å². The van der Waals surface area contributed by atoms with Crippen molar-refractivity contribution in [1.29, 1.82) is 0 Å². The van der Waals surface area contributed by atoms with Gasteiger partial charge in [-0.05, 0) is 13.0 Å². The van der Waals surface area contributed by atoms with Crippen LogP contribution in [0.1, 0.15) is 6.92 Å². The molecule has 0 aliphatic rings. The van der Waals surface area contributed by atoms with Gasteiger partial charge in [-0.15, -0.1) is 0 Å². The molecule has 0 atom stereocenters. The molecule has 1 N–H and O–H groups in total. The van der Waals surface area contributed by atoms with E-state index in [4.69, 9.17) is 0 Å². The Bertz CT molecular complexity index is 345. The Morgan fingerprint density at radius 3 is 3.00 bits per heavy atom. The van der Waals surface area contributed by atoms with Gasteiger partial charge in [0, 0.05) is 11.9 Å². The molecule has 2 rings (SSSR count). The lowest BCUT2D eigenvalue weighted by atomic mass is 10.3. The van der Waals surface area contributed by atoms with Crippen molar-refractivity contribution in [2.24, 2.45) is 0 Å². The van der Waals surface area contributed by atoms with Gasteiger partial charge in [0.1, 0.15) is 0 Å². The van der Waals surface area contributed by atoms with Crippen LogP contribution in [0.4, 0.5) is 0 Å². The normalized spacial score (nSPS) is 10.4. The Morgan fingerprint density at radius 2 is 2.25 bits per heavy atom. The van der Waals surface area contributed by atoms with Crippen LogP contribution in [0, 0.1) is 0 Å². The standard InChI is InChI=1S/C9H11N3/c1-2-10-12-7-8-5-3-4-6-9(8)11-12/h3-7,10H,2H2,1H3. The number of benzene rings is 1. The van der Waals surface area contributed by atoms with Crippen molar-refractivity contribution in [2.75, 3.05) is 12.0 Å². The minimum Gasteiger partial charge on any atom is -0.310 e. The minimum absolute atomic E-state index is 0.883. The van der Waals surface area contributed by atoms with E-state index >= 15 is 0 Å². The smallest absolute Gasteiger partial charge is 0.0944 e. The summed E-state index contributed by atoms with van der Waals surface area (Å²) in [4.78, 5) is 1.75. The van der Waals surface area contributed by atoms with Crippen LogP contribution in [0.25, 0.3) is 10.9 Å². The molecule has 1 aromatic carbocycles. The first-order valence-electron chi connectivity index (χ1n) is 4.08. The second-order valence-corrected chi connectivity index (χ2v) is 2.64. The summed E-state index contributed by atoms with van der Waals surface area (Å²) in [6.07, 6.45) is 1.98. The van der Waals surface area contributed by atoms with Crippen LogP contribution >= 0.6 is 0 Å². The van der Waals surface area contributed by atoms with E-state index < -0.39 is 0 Å². The molecule has 3 heteroatoms. The number of nitrogens with one attached hydrogen (secondary N) is 1. The summed E-state index contributed by atoms with van der Waals surface area (Å²) < 4.78 is 0. The Morgan fingerprint density at radius 1 is 1.42 bits per heavy atom. The third-order valence-electron chi connectivity index (χ3n) is 1.73. The number of aromatic nitrogens is 2. The monoisotopic (exact) mass is 161 g/mol. The lowest BCUT2D eigenvalue weighted by Crippen LogP contribution is -2.13. The Kier molecular flexibility index (Phi) is 1.70. The molecule has 1 heterocycles. The molecule has 62 valence electrons. The summed E-state index contributed by atoms with van der Waals surface area (Å²) in [7, 11) is 0. The third kappa shape index (κ3) is 1.13. The zero-order valence-corrected chi connectivity index (χ0v) is 6.99. The van der Waals surface area contributed by atoms with Crippen LogP contribution in [0.5, 0.6) is 0 Å². The molecule has 0 fully saturated rings. The highest BCUT2D eigenvalue weighted by Crippen LogP contribution is 2.09. The average molecular weight is 161 g/mol. The summed E-state index contributed by atoms with van der Waals surface area (Å²) in [6, 6.07) is 8.06. The van der Waals surface area contributed by atoms with Crippen molar-refractivity contribution in [3.8, 4) is 0 Å². The summed E-state index contributed by atoms with van der Waals surface area (Å²) in [5.41, 5.74) is 4.13. The second-order valence-electron chi connectivity index (χ2n) is 2.64. The van der Waals surface area contributed by atoms with Gasteiger partial charge in [0.15, 0.2) is 0 Å². The molecule has 2 aromatic rings. The van der Waals surface area contributed by atoms with Crippen molar-refractivity contribution in [3.63, 3.8) is 0 Å². The van der Waals surface area contributed by atoms with Gasteiger partial charge in [0.25, 0.3) is 0 Å². The number of rotatable bonds is 2. The van der Waals surface area contributed by atoms with E-state index in [1.165, 1.54) is 5.39 Å². The molecule has 12 heavy (non-hydrogen) atoms. The van der Waals surface area contributed by atoms with Crippen LogP contribution < -0.4 is 5.43 Å². The number of fused-ring (bicyclic) bond motifs is 1. The van der Waals surface area contributed by atoms with E-state index in [2.05, 4.69) is 16.6 Å². The molecule has 1 aromatic heterocycles. The Balaban J connectivity index is 2.47. The lowest BCUT2D eigenvalue weighted by Gasteiger charge is -1.98. The molecule has 0 unspecified atom stereocenters. The van der Waals surface area contributed by atoms with Crippen molar-refractivity contribution in [1.82, 2.24) is 9.89 Å². The lowest BCUT2D eigenvalue weighted by molar-refractivity contribution is 0.757. The Labute approximate surface area is 71.0 Å². The fourth-order valence-electron chi connectivity index (χ4n) is 1.21. The summed E-state index contributed by atoms with van der Waals surface area (Å²) >= 11 is 0. The van der Waals surface area contributed by atoms with Gasteiger partial charge in [0.05, 0.1) is 11.7 Å². The SMILES string of the molecule is CCNn1cc2ccccc2n1. The van der Waals surface area contributed by atoms with Crippen molar-refractivity contribution >= 4 is 10.9 Å². The minimum atomic E-state index is 0.883.